The van der Waals surface area contributed by atoms with E-state index in [0.717, 1.165) is 0 Å². The Morgan fingerprint density at radius 1 is 0.833 bits per heavy atom. The SMILES string of the molecule is COc1ccc(C(=O)Oc2ccc(C(=O)OCC(C)C)cc2)cc1. The van der Waals surface area contributed by atoms with Gasteiger partial charge in [-0.15, -0.1) is 0 Å². The van der Waals surface area contributed by atoms with Gasteiger partial charge in [0.1, 0.15) is 11.5 Å². The Morgan fingerprint density at radius 2 is 1.33 bits per heavy atom. The molecular formula is C19H20O5. The van der Waals surface area contributed by atoms with E-state index < -0.39 is 11.9 Å². The molecule has 2 rings (SSSR count). The van der Waals surface area contributed by atoms with Crippen molar-refractivity contribution in [2.75, 3.05) is 13.7 Å². The predicted octanol–water partition coefficient (Wildman–Crippen LogP) is 3.73. The summed E-state index contributed by atoms with van der Waals surface area (Å²) in [6.07, 6.45) is 0. The lowest BCUT2D eigenvalue weighted by Crippen LogP contribution is -2.11. The fourth-order valence-corrected chi connectivity index (χ4v) is 1.88. The molecule has 2 aromatic carbocycles. The molecule has 0 aliphatic carbocycles. The van der Waals surface area contributed by atoms with E-state index in [1.54, 1.807) is 55.6 Å². The molecule has 0 bridgehead atoms. The number of hydrogen-bond acceptors (Lipinski definition) is 5. The zero-order valence-corrected chi connectivity index (χ0v) is 13.9. The summed E-state index contributed by atoms with van der Waals surface area (Å²) in [5.41, 5.74) is 0.830. The molecule has 0 radical (unpaired) electrons. The van der Waals surface area contributed by atoms with Gasteiger partial charge in [0.25, 0.3) is 0 Å². The van der Waals surface area contributed by atoms with Gasteiger partial charge in [-0.2, -0.15) is 0 Å². The van der Waals surface area contributed by atoms with Crippen LogP contribution in [0, 0.1) is 5.92 Å². The van der Waals surface area contributed by atoms with Gasteiger partial charge in [-0.05, 0) is 54.4 Å². The monoisotopic (exact) mass is 328 g/mol. The van der Waals surface area contributed by atoms with Crippen LogP contribution in [0.5, 0.6) is 11.5 Å². The summed E-state index contributed by atoms with van der Waals surface area (Å²) in [4.78, 5) is 23.9. The van der Waals surface area contributed by atoms with Gasteiger partial charge >= 0.3 is 11.9 Å². The van der Waals surface area contributed by atoms with Crippen molar-refractivity contribution < 1.29 is 23.8 Å². The van der Waals surface area contributed by atoms with Gasteiger partial charge in [0.05, 0.1) is 24.8 Å². The maximum atomic E-state index is 12.1. The minimum Gasteiger partial charge on any atom is -0.497 e. The van der Waals surface area contributed by atoms with E-state index in [9.17, 15) is 9.59 Å². The second kappa shape index (κ2) is 8.15. The molecule has 2 aromatic rings. The van der Waals surface area contributed by atoms with Gasteiger partial charge in [0.2, 0.25) is 0 Å². The smallest absolute Gasteiger partial charge is 0.343 e. The van der Waals surface area contributed by atoms with Gasteiger partial charge in [-0.3, -0.25) is 0 Å². The zero-order valence-electron chi connectivity index (χ0n) is 13.9. The third-order valence-corrected chi connectivity index (χ3v) is 3.17. The number of carbonyl (C=O) groups is 2. The fourth-order valence-electron chi connectivity index (χ4n) is 1.88. The molecule has 0 aliphatic heterocycles. The Bertz CT molecular complexity index is 687. The van der Waals surface area contributed by atoms with Crippen molar-refractivity contribution in [3.05, 3.63) is 59.7 Å². The highest BCUT2D eigenvalue weighted by Gasteiger charge is 2.11. The number of carbonyl (C=O) groups excluding carboxylic acids is 2. The Balaban J connectivity index is 1.97. The molecule has 0 atom stereocenters. The molecule has 24 heavy (non-hydrogen) atoms. The van der Waals surface area contributed by atoms with Crippen molar-refractivity contribution in [2.24, 2.45) is 5.92 Å². The average molecular weight is 328 g/mol. The number of methoxy groups -OCH3 is 1. The summed E-state index contributed by atoms with van der Waals surface area (Å²) in [7, 11) is 1.56. The molecule has 0 N–H and O–H groups in total. The normalized spacial score (nSPS) is 10.3. The van der Waals surface area contributed by atoms with Crippen LogP contribution in [0.2, 0.25) is 0 Å². The first kappa shape index (κ1) is 17.5. The van der Waals surface area contributed by atoms with Crippen LogP contribution < -0.4 is 9.47 Å². The van der Waals surface area contributed by atoms with Gasteiger partial charge in [-0.25, -0.2) is 9.59 Å². The maximum Gasteiger partial charge on any atom is 0.343 e. The van der Waals surface area contributed by atoms with E-state index in [0.29, 0.717) is 29.2 Å². The van der Waals surface area contributed by atoms with Crippen molar-refractivity contribution >= 4 is 11.9 Å². The minimum absolute atomic E-state index is 0.277. The maximum absolute atomic E-state index is 12.1. The van der Waals surface area contributed by atoms with Crippen LogP contribution in [0.25, 0.3) is 0 Å². The zero-order chi connectivity index (χ0) is 17.5. The number of rotatable bonds is 6. The number of ether oxygens (including phenoxy) is 3. The standard InChI is InChI=1S/C19H20O5/c1-13(2)12-23-18(20)14-6-10-17(11-7-14)24-19(21)15-4-8-16(22-3)9-5-15/h4-11,13H,12H2,1-3H3. The third-order valence-electron chi connectivity index (χ3n) is 3.17. The van der Waals surface area contributed by atoms with E-state index in [-0.39, 0.29) is 5.92 Å². The molecule has 0 spiro atoms. The Labute approximate surface area is 141 Å². The summed E-state index contributed by atoms with van der Waals surface area (Å²) in [6.45, 7) is 4.30. The molecule has 0 aliphatic rings. The third kappa shape index (κ3) is 4.84. The summed E-state index contributed by atoms with van der Waals surface area (Å²) in [5.74, 6) is 0.426. The van der Waals surface area contributed by atoms with E-state index in [1.807, 2.05) is 13.8 Å². The number of benzene rings is 2. The molecule has 0 fully saturated rings. The highest BCUT2D eigenvalue weighted by Crippen LogP contribution is 2.17. The lowest BCUT2D eigenvalue weighted by Gasteiger charge is -2.08. The molecule has 5 nitrogen and oxygen atoms in total. The first-order chi connectivity index (χ1) is 11.5. The predicted molar refractivity (Wildman–Crippen MR) is 89.5 cm³/mol. The second-order valence-electron chi connectivity index (χ2n) is 5.63. The molecule has 5 heteroatoms. The lowest BCUT2D eigenvalue weighted by molar-refractivity contribution is 0.0459. The highest BCUT2D eigenvalue weighted by molar-refractivity contribution is 5.92. The van der Waals surface area contributed by atoms with Crippen LogP contribution in [-0.4, -0.2) is 25.7 Å². The molecule has 0 saturated carbocycles. The van der Waals surface area contributed by atoms with Gasteiger partial charge in [0.15, 0.2) is 0 Å². The largest absolute Gasteiger partial charge is 0.497 e. The lowest BCUT2D eigenvalue weighted by atomic mass is 10.2. The first-order valence-corrected chi connectivity index (χ1v) is 7.63. The van der Waals surface area contributed by atoms with Gasteiger partial charge < -0.3 is 14.2 Å². The Kier molecular flexibility index (Phi) is 5.95. The van der Waals surface area contributed by atoms with Gasteiger partial charge in [0, 0.05) is 0 Å². The average Bonchev–Trinajstić information content (AvgIpc) is 2.60. The number of esters is 2. The van der Waals surface area contributed by atoms with Crippen molar-refractivity contribution in [1.82, 2.24) is 0 Å². The topological polar surface area (TPSA) is 61.8 Å². The quantitative estimate of drug-likeness (QED) is 0.597. The Hall–Kier alpha value is -2.82. The van der Waals surface area contributed by atoms with Crippen LogP contribution >= 0.6 is 0 Å². The molecule has 0 saturated heterocycles. The molecule has 0 amide bonds. The molecule has 0 heterocycles. The van der Waals surface area contributed by atoms with Crippen molar-refractivity contribution in [2.45, 2.75) is 13.8 Å². The molecular weight excluding hydrogens is 308 g/mol. The second-order valence-corrected chi connectivity index (χ2v) is 5.63. The fraction of sp³-hybridized carbons (Fsp3) is 0.263. The minimum atomic E-state index is -0.479. The van der Waals surface area contributed by atoms with E-state index >= 15 is 0 Å². The first-order valence-electron chi connectivity index (χ1n) is 7.63. The Morgan fingerprint density at radius 3 is 1.83 bits per heavy atom. The van der Waals surface area contributed by atoms with Crippen LogP contribution in [0.1, 0.15) is 34.6 Å². The van der Waals surface area contributed by atoms with E-state index in [1.165, 1.54) is 0 Å². The van der Waals surface area contributed by atoms with Crippen molar-refractivity contribution in [3.63, 3.8) is 0 Å². The summed E-state index contributed by atoms with van der Waals surface area (Å²) >= 11 is 0. The molecule has 0 unspecified atom stereocenters. The van der Waals surface area contributed by atoms with Gasteiger partial charge in [-0.1, -0.05) is 13.8 Å². The van der Waals surface area contributed by atoms with Crippen molar-refractivity contribution in [3.8, 4) is 11.5 Å². The summed E-state index contributed by atoms with van der Waals surface area (Å²) in [5, 5.41) is 0. The molecule has 0 aromatic heterocycles. The molecule has 126 valence electrons. The van der Waals surface area contributed by atoms with Crippen LogP contribution in [0.3, 0.4) is 0 Å². The van der Waals surface area contributed by atoms with Crippen LogP contribution in [0.15, 0.2) is 48.5 Å². The summed E-state index contributed by atoms with van der Waals surface area (Å²) < 4.78 is 15.5. The van der Waals surface area contributed by atoms with E-state index in [4.69, 9.17) is 14.2 Å². The highest BCUT2D eigenvalue weighted by atomic mass is 16.5. The van der Waals surface area contributed by atoms with E-state index in [2.05, 4.69) is 0 Å². The van der Waals surface area contributed by atoms with Crippen molar-refractivity contribution in [1.29, 1.82) is 0 Å². The van der Waals surface area contributed by atoms with Crippen LogP contribution in [0.4, 0.5) is 0 Å². The summed E-state index contributed by atoms with van der Waals surface area (Å²) in [6, 6.07) is 12.9. The number of hydrogen-bond donors (Lipinski definition) is 0. The van der Waals surface area contributed by atoms with Crippen LogP contribution in [-0.2, 0) is 4.74 Å².